The zero-order valence-electron chi connectivity index (χ0n) is 14.1. The van der Waals surface area contributed by atoms with Gasteiger partial charge in [0.25, 0.3) is 0 Å². The van der Waals surface area contributed by atoms with Crippen molar-refractivity contribution < 1.29 is 14.3 Å². The van der Waals surface area contributed by atoms with E-state index in [1.807, 2.05) is 38.1 Å². The van der Waals surface area contributed by atoms with Crippen molar-refractivity contribution in [2.24, 2.45) is 0 Å². The van der Waals surface area contributed by atoms with Crippen molar-refractivity contribution in [1.82, 2.24) is 5.32 Å². The molecule has 0 bridgehead atoms. The summed E-state index contributed by atoms with van der Waals surface area (Å²) >= 11 is 0. The van der Waals surface area contributed by atoms with Crippen molar-refractivity contribution in [3.05, 3.63) is 71.0 Å². The largest absolute Gasteiger partial charge is 0.388 e. The quantitative estimate of drug-likeness (QED) is 0.814. The van der Waals surface area contributed by atoms with Crippen molar-refractivity contribution in [2.75, 3.05) is 0 Å². The first kappa shape index (κ1) is 18.1. The molecule has 2 aromatic carbocycles. The van der Waals surface area contributed by atoms with E-state index in [4.69, 9.17) is 0 Å². The molecule has 2 N–H and O–H groups in total. The molecule has 4 heteroatoms. The summed E-state index contributed by atoms with van der Waals surface area (Å²) in [6, 6.07) is 13.6. The fourth-order valence-electron chi connectivity index (χ4n) is 2.70. The molecule has 0 aliphatic rings. The van der Waals surface area contributed by atoms with Crippen LogP contribution in [0.25, 0.3) is 0 Å². The SMILES string of the molecule is Cc1ccccc1CCC(=O)NC(C)CC(O)c1ccc(F)cc1. The minimum Gasteiger partial charge on any atom is -0.388 e. The van der Waals surface area contributed by atoms with Crippen molar-refractivity contribution in [1.29, 1.82) is 0 Å². The molecule has 2 aromatic rings. The number of amides is 1. The van der Waals surface area contributed by atoms with Gasteiger partial charge in [-0.25, -0.2) is 4.39 Å². The number of aliphatic hydroxyl groups is 1. The summed E-state index contributed by atoms with van der Waals surface area (Å²) in [4.78, 5) is 12.1. The summed E-state index contributed by atoms with van der Waals surface area (Å²) < 4.78 is 12.9. The van der Waals surface area contributed by atoms with Gasteiger partial charge in [-0.3, -0.25) is 4.79 Å². The number of benzene rings is 2. The zero-order chi connectivity index (χ0) is 17.5. The second-order valence-electron chi connectivity index (χ2n) is 6.20. The van der Waals surface area contributed by atoms with Crippen LogP contribution in [0.1, 0.15) is 42.6 Å². The lowest BCUT2D eigenvalue weighted by Crippen LogP contribution is -2.33. The highest BCUT2D eigenvalue weighted by atomic mass is 19.1. The third-order valence-electron chi connectivity index (χ3n) is 4.12. The highest BCUT2D eigenvalue weighted by Crippen LogP contribution is 2.18. The van der Waals surface area contributed by atoms with Gasteiger partial charge < -0.3 is 10.4 Å². The molecule has 0 aliphatic heterocycles. The molecule has 1 amide bonds. The van der Waals surface area contributed by atoms with Gasteiger partial charge in [0.15, 0.2) is 0 Å². The molecule has 3 nitrogen and oxygen atoms in total. The van der Waals surface area contributed by atoms with Crippen LogP contribution < -0.4 is 5.32 Å². The normalized spacial score (nSPS) is 13.3. The molecule has 0 saturated carbocycles. The lowest BCUT2D eigenvalue weighted by atomic mass is 10.0. The first-order valence-corrected chi connectivity index (χ1v) is 8.23. The third kappa shape index (κ3) is 5.46. The molecule has 2 rings (SSSR count). The van der Waals surface area contributed by atoms with E-state index in [0.29, 0.717) is 24.8 Å². The van der Waals surface area contributed by atoms with Gasteiger partial charge in [-0.2, -0.15) is 0 Å². The molecule has 0 saturated heterocycles. The van der Waals surface area contributed by atoms with Gasteiger partial charge >= 0.3 is 0 Å². The van der Waals surface area contributed by atoms with Gasteiger partial charge in [0.05, 0.1) is 6.10 Å². The zero-order valence-corrected chi connectivity index (χ0v) is 14.1. The van der Waals surface area contributed by atoms with Gasteiger partial charge in [-0.15, -0.1) is 0 Å². The molecule has 128 valence electrons. The molecular formula is C20H24FNO2. The fraction of sp³-hybridized carbons (Fsp3) is 0.350. The van der Waals surface area contributed by atoms with Crippen LogP contribution in [0, 0.1) is 12.7 Å². The summed E-state index contributed by atoms with van der Waals surface area (Å²) in [6.45, 7) is 3.90. The molecule has 0 aliphatic carbocycles. The molecule has 0 aromatic heterocycles. The highest BCUT2D eigenvalue weighted by Gasteiger charge is 2.14. The summed E-state index contributed by atoms with van der Waals surface area (Å²) in [5.41, 5.74) is 3.01. The second kappa shape index (κ2) is 8.60. The van der Waals surface area contributed by atoms with Crippen LogP contribution in [-0.4, -0.2) is 17.1 Å². The van der Waals surface area contributed by atoms with E-state index in [-0.39, 0.29) is 17.8 Å². The average molecular weight is 329 g/mol. The maximum Gasteiger partial charge on any atom is 0.220 e. The second-order valence-corrected chi connectivity index (χ2v) is 6.20. The van der Waals surface area contributed by atoms with Gasteiger partial charge in [0.2, 0.25) is 5.91 Å². The Hall–Kier alpha value is -2.20. The number of hydrogen-bond acceptors (Lipinski definition) is 2. The predicted molar refractivity (Wildman–Crippen MR) is 93.1 cm³/mol. The average Bonchev–Trinajstić information content (AvgIpc) is 2.54. The Bertz CT molecular complexity index is 670. The third-order valence-corrected chi connectivity index (χ3v) is 4.12. The van der Waals surface area contributed by atoms with Crippen LogP contribution in [0.4, 0.5) is 4.39 Å². The summed E-state index contributed by atoms with van der Waals surface area (Å²) in [6.07, 6.45) is 0.784. The van der Waals surface area contributed by atoms with E-state index >= 15 is 0 Å². The Balaban J connectivity index is 1.79. The molecule has 0 fully saturated rings. The van der Waals surface area contributed by atoms with Crippen LogP contribution in [0.5, 0.6) is 0 Å². The lowest BCUT2D eigenvalue weighted by Gasteiger charge is -2.18. The number of halogens is 1. The standard InChI is InChI=1S/C20H24FNO2/c1-14-5-3-4-6-16(14)9-12-20(24)22-15(2)13-19(23)17-7-10-18(21)11-8-17/h3-8,10-11,15,19,23H,9,12-13H2,1-2H3,(H,22,24). The van der Waals surface area contributed by atoms with E-state index in [2.05, 4.69) is 5.32 Å². The first-order valence-electron chi connectivity index (χ1n) is 8.23. The van der Waals surface area contributed by atoms with Crippen LogP contribution in [0.2, 0.25) is 0 Å². The van der Waals surface area contributed by atoms with Gasteiger partial charge in [-0.1, -0.05) is 36.4 Å². The van der Waals surface area contributed by atoms with Crippen molar-refractivity contribution in [3.63, 3.8) is 0 Å². The van der Waals surface area contributed by atoms with E-state index in [9.17, 15) is 14.3 Å². The fourth-order valence-corrected chi connectivity index (χ4v) is 2.70. The molecule has 2 unspecified atom stereocenters. The monoisotopic (exact) mass is 329 g/mol. The minimum absolute atomic E-state index is 0.0305. The van der Waals surface area contributed by atoms with Crippen LogP contribution in [0.15, 0.2) is 48.5 Å². The number of hydrogen-bond donors (Lipinski definition) is 2. The number of rotatable bonds is 7. The Morgan fingerprint density at radius 3 is 2.50 bits per heavy atom. The highest BCUT2D eigenvalue weighted by molar-refractivity contribution is 5.76. The number of aryl methyl sites for hydroxylation is 2. The summed E-state index contributed by atoms with van der Waals surface area (Å²) in [5, 5.41) is 13.1. The maximum absolute atomic E-state index is 12.9. The number of carbonyl (C=O) groups is 1. The van der Waals surface area contributed by atoms with Crippen molar-refractivity contribution >= 4 is 5.91 Å². The maximum atomic E-state index is 12.9. The molecule has 0 spiro atoms. The van der Waals surface area contributed by atoms with Crippen LogP contribution >= 0.6 is 0 Å². The van der Waals surface area contributed by atoms with E-state index < -0.39 is 6.10 Å². The predicted octanol–water partition coefficient (Wildman–Crippen LogP) is 3.70. The van der Waals surface area contributed by atoms with E-state index in [0.717, 1.165) is 0 Å². The van der Waals surface area contributed by atoms with Crippen LogP contribution in [0.3, 0.4) is 0 Å². The molecular weight excluding hydrogens is 305 g/mol. The van der Waals surface area contributed by atoms with Crippen molar-refractivity contribution in [3.8, 4) is 0 Å². The van der Waals surface area contributed by atoms with Crippen LogP contribution in [-0.2, 0) is 11.2 Å². The lowest BCUT2D eigenvalue weighted by molar-refractivity contribution is -0.121. The van der Waals surface area contributed by atoms with Gasteiger partial charge in [-0.05, 0) is 55.5 Å². The number of carbonyl (C=O) groups excluding carboxylic acids is 1. The van der Waals surface area contributed by atoms with Gasteiger partial charge in [0.1, 0.15) is 5.82 Å². The molecule has 2 atom stereocenters. The number of aliphatic hydroxyl groups excluding tert-OH is 1. The Morgan fingerprint density at radius 2 is 1.83 bits per heavy atom. The molecule has 0 heterocycles. The van der Waals surface area contributed by atoms with Gasteiger partial charge in [0, 0.05) is 12.5 Å². The molecule has 24 heavy (non-hydrogen) atoms. The molecule has 0 radical (unpaired) electrons. The Kier molecular flexibility index (Phi) is 6.50. The Morgan fingerprint density at radius 1 is 1.17 bits per heavy atom. The van der Waals surface area contributed by atoms with E-state index in [1.54, 1.807) is 12.1 Å². The topological polar surface area (TPSA) is 49.3 Å². The smallest absolute Gasteiger partial charge is 0.220 e. The first-order chi connectivity index (χ1) is 11.5. The number of nitrogens with one attached hydrogen (secondary N) is 1. The Labute approximate surface area is 142 Å². The summed E-state index contributed by atoms with van der Waals surface area (Å²) in [5.74, 6) is -0.361. The van der Waals surface area contributed by atoms with Crippen molar-refractivity contribution in [2.45, 2.75) is 45.3 Å². The van der Waals surface area contributed by atoms with E-state index in [1.165, 1.54) is 23.3 Å². The minimum atomic E-state index is -0.725. The summed E-state index contributed by atoms with van der Waals surface area (Å²) in [7, 11) is 0.